The average Bonchev–Trinajstić information content (AvgIpc) is 3.59. The molecule has 6 heteroatoms. The van der Waals surface area contributed by atoms with Crippen molar-refractivity contribution in [2.24, 2.45) is 5.92 Å². The number of anilines is 1. The molecule has 0 unspecified atom stereocenters. The van der Waals surface area contributed by atoms with Crippen LogP contribution in [0.5, 0.6) is 11.5 Å². The molecule has 0 radical (unpaired) electrons. The largest absolute Gasteiger partial charge is 0.454 e. The highest BCUT2D eigenvalue weighted by molar-refractivity contribution is 5.96. The zero-order valence-corrected chi connectivity index (χ0v) is 19.3. The minimum Gasteiger partial charge on any atom is -0.454 e. The zero-order valence-electron chi connectivity index (χ0n) is 19.3. The zero-order chi connectivity index (χ0) is 23.5. The Bertz CT molecular complexity index is 1200. The van der Waals surface area contributed by atoms with Crippen LogP contribution >= 0.6 is 0 Å². The summed E-state index contributed by atoms with van der Waals surface area (Å²) in [6.45, 7) is 3.26. The number of nitrogens with one attached hydrogen (secondary N) is 1. The van der Waals surface area contributed by atoms with Crippen molar-refractivity contribution in [2.75, 3.05) is 11.7 Å². The molecule has 3 aromatic rings. The molecule has 2 aliphatic rings. The Morgan fingerprint density at radius 1 is 0.912 bits per heavy atom. The van der Waals surface area contributed by atoms with Gasteiger partial charge in [0.15, 0.2) is 11.5 Å². The van der Waals surface area contributed by atoms with Crippen LogP contribution in [0.3, 0.4) is 0 Å². The van der Waals surface area contributed by atoms with Crippen molar-refractivity contribution >= 4 is 17.5 Å². The first-order valence-electron chi connectivity index (χ1n) is 11.7. The molecule has 174 valence electrons. The van der Waals surface area contributed by atoms with Crippen LogP contribution in [-0.4, -0.2) is 18.6 Å². The van der Waals surface area contributed by atoms with Crippen LogP contribution in [0.2, 0.25) is 0 Å². The van der Waals surface area contributed by atoms with E-state index >= 15 is 0 Å². The van der Waals surface area contributed by atoms with E-state index in [0.29, 0.717) is 18.8 Å². The highest BCUT2D eigenvalue weighted by Gasteiger charge is 2.34. The number of ether oxygens (including phenoxy) is 2. The van der Waals surface area contributed by atoms with Gasteiger partial charge in [0.2, 0.25) is 18.6 Å². The molecule has 0 aromatic heterocycles. The monoisotopic (exact) mass is 456 g/mol. The number of hydrogen-bond donors (Lipinski definition) is 1. The topological polar surface area (TPSA) is 67.9 Å². The van der Waals surface area contributed by atoms with Gasteiger partial charge in [-0.1, -0.05) is 48.0 Å². The summed E-state index contributed by atoms with van der Waals surface area (Å²) in [6.07, 6.45) is 2.20. The summed E-state index contributed by atoms with van der Waals surface area (Å²) in [5.74, 6) is 1.68. The number of fused-ring (bicyclic) bond motifs is 1. The second-order valence-corrected chi connectivity index (χ2v) is 9.00. The molecule has 6 nitrogen and oxygen atoms in total. The van der Waals surface area contributed by atoms with E-state index in [4.69, 9.17) is 9.47 Å². The number of carbonyl (C=O) groups excluding carboxylic acids is 2. The molecule has 5 rings (SSSR count). The van der Waals surface area contributed by atoms with Gasteiger partial charge in [-0.15, -0.1) is 0 Å². The minimum absolute atomic E-state index is 0.0592. The first-order chi connectivity index (χ1) is 16.5. The van der Waals surface area contributed by atoms with Gasteiger partial charge in [0.1, 0.15) is 0 Å². The Labute approximate surface area is 199 Å². The van der Waals surface area contributed by atoms with Crippen molar-refractivity contribution in [3.8, 4) is 11.5 Å². The normalized spacial score (nSPS) is 14.0. The first-order valence-corrected chi connectivity index (χ1v) is 11.7. The van der Waals surface area contributed by atoms with Crippen molar-refractivity contribution in [1.82, 2.24) is 5.32 Å². The SMILES string of the molecule is Cc1cccc(CN(C(=O)C2CC2)c2ccc(CC(=O)NCc3ccc4c(c3)OCO4)cc2)c1. The van der Waals surface area contributed by atoms with E-state index in [-0.39, 0.29) is 30.9 Å². The number of aryl methyl sites for hydroxylation is 1. The van der Waals surface area contributed by atoms with Crippen molar-refractivity contribution in [3.05, 3.63) is 89.0 Å². The molecule has 0 atom stereocenters. The van der Waals surface area contributed by atoms with Gasteiger partial charge in [-0.25, -0.2) is 0 Å². The van der Waals surface area contributed by atoms with Gasteiger partial charge in [-0.05, 0) is 60.7 Å². The lowest BCUT2D eigenvalue weighted by molar-refractivity contribution is -0.121. The molecule has 1 fully saturated rings. The number of nitrogens with zero attached hydrogens (tertiary/aromatic N) is 1. The molecule has 1 N–H and O–H groups in total. The average molecular weight is 457 g/mol. The summed E-state index contributed by atoms with van der Waals surface area (Å²) in [5.41, 5.74) is 5.02. The van der Waals surface area contributed by atoms with Crippen molar-refractivity contribution < 1.29 is 19.1 Å². The molecular weight excluding hydrogens is 428 g/mol. The van der Waals surface area contributed by atoms with E-state index in [1.165, 1.54) is 5.56 Å². The van der Waals surface area contributed by atoms with Crippen molar-refractivity contribution in [3.63, 3.8) is 0 Å². The second-order valence-electron chi connectivity index (χ2n) is 9.00. The van der Waals surface area contributed by atoms with Gasteiger partial charge in [0.25, 0.3) is 0 Å². The predicted octanol–water partition coefficient (Wildman–Crippen LogP) is 4.53. The number of carbonyl (C=O) groups is 2. The lowest BCUT2D eigenvalue weighted by Gasteiger charge is -2.23. The molecule has 1 aliphatic carbocycles. The van der Waals surface area contributed by atoms with Crippen LogP contribution in [0.15, 0.2) is 66.7 Å². The van der Waals surface area contributed by atoms with Crippen LogP contribution in [-0.2, 0) is 29.1 Å². The summed E-state index contributed by atoms with van der Waals surface area (Å²) in [5, 5.41) is 2.96. The molecule has 2 amide bonds. The third-order valence-corrected chi connectivity index (χ3v) is 6.16. The molecule has 1 heterocycles. The Balaban J connectivity index is 1.21. The Morgan fingerprint density at radius 3 is 2.44 bits per heavy atom. The van der Waals surface area contributed by atoms with Crippen LogP contribution < -0.4 is 19.7 Å². The molecule has 34 heavy (non-hydrogen) atoms. The fourth-order valence-corrected chi connectivity index (χ4v) is 4.13. The smallest absolute Gasteiger partial charge is 0.231 e. The number of amides is 2. The molecular formula is C28H28N2O4. The van der Waals surface area contributed by atoms with Gasteiger partial charge >= 0.3 is 0 Å². The molecule has 1 aliphatic heterocycles. The summed E-state index contributed by atoms with van der Waals surface area (Å²) in [4.78, 5) is 27.4. The third-order valence-electron chi connectivity index (χ3n) is 6.16. The molecule has 0 saturated heterocycles. The van der Waals surface area contributed by atoms with Gasteiger partial charge in [0, 0.05) is 18.2 Å². The number of rotatable bonds is 8. The van der Waals surface area contributed by atoms with Crippen molar-refractivity contribution in [1.29, 1.82) is 0 Å². The van der Waals surface area contributed by atoms with E-state index in [1.54, 1.807) is 0 Å². The number of benzene rings is 3. The molecule has 0 spiro atoms. The maximum absolute atomic E-state index is 13.0. The first kappa shape index (κ1) is 22.0. The maximum Gasteiger partial charge on any atom is 0.231 e. The van der Waals surface area contributed by atoms with Gasteiger partial charge in [0.05, 0.1) is 13.0 Å². The second kappa shape index (κ2) is 9.59. The van der Waals surface area contributed by atoms with Crippen LogP contribution in [0.1, 0.15) is 35.1 Å². The Morgan fingerprint density at radius 2 is 1.68 bits per heavy atom. The minimum atomic E-state index is -0.0592. The standard InChI is InChI=1S/C28H28N2O4/c1-19-3-2-4-22(13-19)17-30(28(32)23-8-9-23)24-10-5-20(6-11-24)15-27(31)29-16-21-7-12-25-26(14-21)34-18-33-25/h2-7,10-14,23H,8-9,15-18H2,1H3,(H,29,31). The Kier molecular flexibility index (Phi) is 6.21. The summed E-state index contributed by atoms with van der Waals surface area (Å²) in [6, 6.07) is 21.7. The van der Waals surface area contributed by atoms with E-state index in [0.717, 1.165) is 41.0 Å². The van der Waals surface area contributed by atoms with E-state index < -0.39 is 0 Å². The van der Waals surface area contributed by atoms with E-state index in [2.05, 4.69) is 30.4 Å². The number of hydrogen-bond acceptors (Lipinski definition) is 4. The van der Waals surface area contributed by atoms with E-state index in [1.807, 2.05) is 53.4 Å². The highest BCUT2D eigenvalue weighted by atomic mass is 16.7. The summed E-state index contributed by atoms with van der Waals surface area (Å²) in [7, 11) is 0. The highest BCUT2D eigenvalue weighted by Crippen LogP contribution is 2.34. The Hall–Kier alpha value is -3.80. The maximum atomic E-state index is 13.0. The quantitative estimate of drug-likeness (QED) is 0.541. The summed E-state index contributed by atoms with van der Waals surface area (Å²) >= 11 is 0. The summed E-state index contributed by atoms with van der Waals surface area (Å²) < 4.78 is 10.7. The predicted molar refractivity (Wildman–Crippen MR) is 130 cm³/mol. The van der Waals surface area contributed by atoms with Crippen molar-refractivity contribution in [2.45, 2.75) is 39.3 Å². The molecule has 3 aromatic carbocycles. The van der Waals surface area contributed by atoms with Crippen LogP contribution in [0, 0.1) is 12.8 Å². The fourth-order valence-electron chi connectivity index (χ4n) is 4.13. The third kappa shape index (κ3) is 5.22. The van der Waals surface area contributed by atoms with Crippen LogP contribution in [0.25, 0.3) is 0 Å². The van der Waals surface area contributed by atoms with Gasteiger partial charge < -0.3 is 19.7 Å². The lowest BCUT2D eigenvalue weighted by atomic mass is 10.1. The molecule has 1 saturated carbocycles. The van der Waals surface area contributed by atoms with Gasteiger partial charge in [-0.2, -0.15) is 0 Å². The van der Waals surface area contributed by atoms with Gasteiger partial charge in [-0.3, -0.25) is 9.59 Å². The fraction of sp³-hybridized carbons (Fsp3) is 0.286. The van der Waals surface area contributed by atoms with Crippen LogP contribution in [0.4, 0.5) is 5.69 Å². The molecule has 0 bridgehead atoms. The lowest BCUT2D eigenvalue weighted by Crippen LogP contribution is -2.31. The van der Waals surface area contributed by atoms with E-state index in [9.17, 15) is 9.59 Å².